The Bertz CT molecular complexity index is 1350. The van der Waals surface area contributed by atoms with E-state index < -0.39 is 28.9 Å². The fourth-order valence-electron chi connectivity index (χ4n) is 3.30. The standard InChI is InChI=1S/C24H16F2N2O3/c1-14-3-2-4-20(27-14)28-21(29)13-19(15-5-9-17(25)10-6-15)22(24(28)31)23(30)16-7-11-18(26)12-8-16/h2-13,31H,1H3. The molecule has 0 aliphatic carbocycles. The molecule has 2 aromatic carbocycles. The Morgan fingerprint density at radius 1 is 0.935 bits per heavy atom. The van der Waals surface area contributed by atoms with E-state index in [9.17, 15) is 23.5 Å². The first-order chi connectivity index (χ1) is 14.8. The molecule has 0 aliphatic heterocycles. The molecule has 154 valence electrons. The van der Waals surface area contributed by atoms with Crippen molar-refractivity contribution in [3.05, 3.63) is 112 Å². The van der Waals surface area contributed by atoms with Gasteiger partial charge in [-0.15, -0.1) is 0 Å². The first-order valence-electron chi connectivity index (χ1n) is 9.34. The third kappa shape index (κ3) is 3.85. The number of rotatable bonds is 4. The second-order valence-electron chi connectivity index (χ2n) is 6.91. The summed E-state index contributed by atoms with van der Waals surface area (Å²) in [6, 6.07) is 16.1. The number of halogens is 2. The van der Waals surface area contributed by atoms with Crippen LogP contribution in [0, 0.1) is 18.6 Å². The highest BCUT2D eigenvalue weighted by atomic mass is 19.1. The lowest BCUT2D eigenvalue weighted by atomic mass is 9.94. The molecule has 7 heteroatoms. The van der Waals surface area contributed by atoms with E-state index in [1.54, 1.807) is 19.1 Å². The number of hydrogen-bond acceptors (Lipinski definition) is 4. The van der Waals surface area contributed by atoms with Gasteiger partial charge in [0, 0.05) is 22.9 Å². The molecule has 2 aromatic heterocycles. The van der Waals surface area contributed by atoms with E-state index in [-0.39, 0.29) is 22.5 Å². The van der Waals surface area contributed by atoms with Gasteiger partial charge >= 0.3 is 0 Å². The molecule has 1 N–H and O–H groups in total. The summed E-state index contributed by atoms with van der Waals surface area (Å²) in [6.07, 6.45) is 0. The van der Waals surface area contributed by atoms with E-state index in [1.807, 2.05) is 0 Å². The summed E-state index contributed by atoms with van der Waals surface area (Å²) < 4.78 is 27.7. The summed E-state index contributed by atoms with van der Waals surface area (Å²) in [5, 5.41) is 11.1. The summed E-state index contributed by atoms with van der Waals surface area (Å²) >= 11 is 0. The quantitative estimate of drug-likeness (QED) is 0.498. The van der Waals surface area contributed by atoms with Crippen LogP contribution in [-0.4, -0.2) is 20.4 Å². The van der Waals surface area contributed by atoms with Crippen molar-refractivity contribution >= 4 is 5.78 Å². The maximum atomic E-state index is 13.4. The van der Waals surface area contributed by atoms with Gasteiger partial charge in [-0.3, -0.25) is 9.59 Å². The maximum Gasteiger partial charge on any atom is 0.259 e. The first kappa shape index (κ1) is 20.2. The molecular formula is C24H16F2N2O3. The monoisotopic (exact) mass is 418 g/mol. The van der Waals surface area contributed by atoms with E-state index in [0.717, 1.165) is 16.7 Å². The Morgan fingerprint density at radius 3 is 2.16 bits per heavy atom. The minimum absolute atomic E-state index is 0.113. The summed E-state index contributed by atoms with van der Waals surface area (Å²) in [4.78, 5) is 30.5. The molecule has 0 spiro atoms. The van der Waals surface area contributed by atoms with E-state index in [2.05, 4.69) is 4.98 Å². The van der Waals surface area contributed by atoms with Crippen LogP contribution in [0.2, 0.25) is 0 Å². The number of aromatic hydroxyl groups is 1. The third-order valence-corrected chi connectivity index (χ3v) is 4.78. The smallest absolute Gasteiger partial charge is 0.259 e. The summed E-state index contributed by atoms with van der Waals surface area (Å²) in [7, 11) is 0. The zero-order valence-corrected chi connectivity index (χ0v) is 16.3. The minimum atomic E-state index is -0.627. The molecule has 4 aromatic rings. The summed E-state index contributed by atoms with van der Waals surface area (Å²) in [5.74, 6) is -2.11. The lowest BCUT2D eigenvalue weighted by Crippen LogP contribution is -2.22. The Morgan fingerprint density at radius 2 is 1.55 bits per heavy atom. The molecule has 0 aliphatic rings. The SMILES string of the molecule is Cc1cccc(-n2c(O)c(C(=O)c3ccc(F)cc3)c(-c3ccc(F)cc3)cc2=O)n1. The van der Waals surface area contributed by atoms with E-state index in [1.165, 1.54) is 48.5 Å². The molecule has 0 atom stereocenters. The van der Waals surface area contributed by atoms with Gasteiger partial charge in [-0.1, -0.05) is 18.2 Å². The molecule has 2 heterocycles. The highest BCUT2D eigenvalue weighted by Crippen LogP contribution is 2.32. The van der Waals surface area contributed by atoms with Crippen LogP contribution in [0.1, 0.15) is 21.6 Å². The van der Waals surface area contributed by atoms with Crippen LogP contribution in [-0.2, 0) is 0 Å². The maximum absolute atomic E-state index is 13.4. The fourth-order valence-corrected chi connectivity index (χ4v) is 3.30. The summed E-state index contributed by atoms with van der Waals surface area (Å²) in [6.45, 7) is 1.73. The van der Waals surface area contributed by atoms with Crippen molar-refractivity contribution in [2.75, 3.05) is 0 Å². The lowest BCUT2D eigenvalue weighted by molar-refractivity contribution is 0.103. The van der Waals surface area contributed by atoms with Crippen molar-refractivity contribution < 1.29 is 18.7 Å². The Hall–Kier alpha value is -4.13. The predicted octanol–water partition coefficient (Wildman–Crippen LogP) is 4.42. The van der Waals surface area contributed by atoms with Crippen molar-refractivity contribution in [2.24, 2.45) is 0 Å². The van der Waals surface area contributed by atoms with Crippen LogP contribution in [0.15, 0.2) is 77.6 Å². The topological polar surface area (TPSA) is 72.2 Å². The molecule has 0 unspecified atom stereocenters. The van der Waals surface area contributed by atoms with E-state index in [0.29, 0.717) is 11.3 Å². The zero-order valence-electron chi connectivity index (χ0n) is 16.3. The van der Waals surface area contributed by atoms with Crippen LogP contribution in [0.25, 0.3) is 16.9 Å². The fraction of sp³-hybridized carbons (Fsp3) is 0.0417. The molecule has 0 radical (unpaired) electrons. The van der Waals surface area contributed by atoms with Crippen LogP contribution in [0.4, 0.5) is 8.78 Å². The van der Waals surface area contributed by atoms with Gasteiger partial charge in [-0.05, 0) is 61.0 Å². The molecule has 31 heavy (non-hydrogen) atoms. The van der Waals surface area contributed by atoms with Crippen molar-refractivity contribution in [1.29, 1.82) is 0 Å². The van der Waals surface area contributed by atoms with Crippen molar-refractivity contribution in [3.8, 4) is 22.8 Å². The number of aryl methyl sites for hydroxylation is 1. The molecule has 0 fully saturated rings. The molecule has 0 saturated heterocycles. The Labute approximate surface area is 175 Å². The highest BCUT2D eigenvalue weighted by molar-refractivity contribution is 6.14. The number of carbonyl (C=O) groups excluding carboxylic acids is 1. The van der Waals surface area contributed by atoms with Gasteiger partial charge in [0.15, 0.2) is 5.78 Å². The Kier molecular flexibility index (Phi) is 5.17. The Balaban J connectivity index is 2.01. The number of pyridine rings is 2. The number of carbonyl (C=O) groups is 1. The molecule has 5 nitrogen and oxygen atoms in total. The zero-order chi connectivity index (χ0) is 22.1. The number of benzene rings is 2. The van der Waals surface area contributed by atoms with Gasteiger partial charge in [0.2, 0.25) is 5.88 Å². The number of aromatic nitrogens is 2. The van der Waals surface area contributed by atoms with Gasteiger partial charge < -0.3 is 5.11 Å². The molecule has 4 rings (SSSR count). The number of ketones is 1. The molecule has 0 saturated carbocycles. The number of hydrogen-bond donors (Lipinski definition) is 1. The van der Waals surface area contributed by atoms with Gasteiger partial charge in [0.05, 0.1) is 5.56 Å². The molecular weight excluding hydrogens is 402 g/mol. The van der Waals surface area contributed by atoms with Crippen LogP contribution >= 0.6 is 0 Å². The molecule has 0 amide bonds. The van der Waals surface area contributed by atoms with Crippen LogP contribution in [0.5, 0.6) is 5.88 Å². The normalized spacial score (nSPS) is 10.8. The third-order valence-electron chi connectivity index (χ3n) is 4.78. The average molecular weight is 418 g/mol. The van der Waals surface area contributed by atoms with Gasteiger partial charge in [0.1, 0.15) is 17.5 Å². The van der Waals surface area contributed by atoms with E-state index >= 15 is 0 Å². The highest BCUT2D eigenvalue weighted by Gasteiger charge is 2.24. The van der Waals surface area contributed by atoms with Crippen molar-refractivity contribution in [1.82, 2.24) is 9.55 Å². The lowest BCUT2D eigenvalue weighted by Gasteiger charge is -2.16. The van der Waals surface area contributed by atoms with Crippen molar-refractivity contribution in [3.63, 3.8) is 0 Å². The second kappa shape index (κ2) is 7.95. The first-order valence-corrected chi connectivity index (χ1v) is 9.34. The largest absolute Gasteiger partial charge is 0.494 e. The number of nitrogens with zero attached hydrogens (tertiary/aromatic N) is 2. The average Bonchev–Trinajstić information content (AvgIpc) is 2.74. The second-order valence-corrected chi connectivity index (χ2v) is 6.91. The van der Waals surface area contributed by atoms with Crippen LogP contribution in [0.3, 0.4) is 0 Å². The van der Waals surface area contributed by atoms with Crippen molar-refractivity contribution in [2.45, 2.75) is 6.92 Å². The van der Waals surface area contributed by atoms with Gasteiger partial charge in [-0.25, -0.2) is 18.3 Å². The van der Waals surface area contributed by atoms with E-state index in [4.69, 9.17) is 0 Å². The predicted molar refractivity (Wildman–Crippen MR) is 111 cm³/mol. The molecule has 0 bridgehead atoms. The minimum Gasteiger partial charge on any atom is -0.494 e. The summed E-state index contributed by atoms with van der Waals surface area (Å²) in [5.41, 5.74) is 0.413. The van der Waals surface area contributed by atoms with Gasteiger partial charge in [0.25, 0.3) is 5.56 Å². The van der Waals surface area contributed by atoms with Gasteiger partial charge in [-0.2, -0.15) is 0 Å². The van der Waals surface area contributed by atoms with Crippen LogP contribution < -0.4 is 5.56 Å².